The van der Waals surface area contributed by atoms with Gasteiger partial charge in [0.25, 0.3) is 5.16 Å². The summed E-state index contributed by atoms with van der Waals surface area (Å²) >= 11 is 0. The van der Waals surface area contributed by atoms with Gasteiger partial charge in [-0.2, -0.15) is 10.1 Å². The van der Waals surface area contributed by atoms with E-state index in [1.807, 2.05) is 19.9 Å². The molecule has 4 heterocycles. The van der Waals surface area contributed by atoms with E-state index < -0.39 is 15.4 Å². The minimum absolute atomic E-state index is 0.190. The lowest BCUT2D eigenvalue weighted by molar-refractivity contribution is -0.0754. The molecule has 1 spiro atoms. The van der Waals surface area contributed by atoms with Crippen molar-refractivity contribution in [2.24, 2.45) is 10.8 Å². The van der Waals surface area contributed by atoms with Gasteiger partial charge in [-0.3, -0.25) is 0 Å². The molecule has 8 nitrogen and oxygen atoms in total. The van der Waals surface area contributed by atoms with Crippen LogP contribution in [0.15, 0.2) is 35.6 Å². The molecule has 1 N–H and O–H groups in total. The number of anilines is 1. The number of hydrogen-bond donors (Lipinski definition) is 1. The van der Waals surface area contributed by atoms with E-state index in [9.17, 15) is 13.5 Å². The van der Waals surface area contributed by atoms with Gasteiger partial charge in [-0.05, 0) is 68.9 Å². The molecule has 9 heteroatoms. The SMILES string of the molecule is CC(C)(O)C12CC(C1)N(c1cc(-n3ncc4ccc(C5CC56CC6)cc43)nc(S(C)(=O)=O)n1)C2. The molecule has 2 aromatic heterocycles. The molecule has 1 atom stereocenters. The van der Waals surface area contributed by atoms with Gasteiger partial charge in [0.05, 0.1) is 17.3 Å². The quantitative estimate of drug-likeness (QED) is 0.561. The molecule has 2 aliphatic heterocycles. The van der Waals surface area contributed by atoms with Crippen LogP contribution in [0, 0.1) is 10.8 Å². The molecule has 178 valence electrons. The summed E-state index contributed by atoms with van der Waals surface area (Å²) in [4.78, 5) is 11.0. The summed E-state index contributed by atoms with van der Waals surface area (Å²) in [5, 5.41) is 16.1. The molecule has 0 radical (unpaired) electrons. The second-order valence-electron chi connectivity index (χ2n) is 11.7. The van der Waals surface area contributed by atoms with Crippen molar-refractivity contribution in [3.63, 3.8) is 0 Å². The summed E-state index contributed by atoms with van der Waals surface area (Å²) in [7, 11) is -3.63. The van der Waals surface area contributed by atoms with E-state index in [1.165, 1.54) is 24.8 Å². The largest absolute Gasteiger partial charge is 0.390 e. The number of rotatable bonds is 5. The Balaban J connectivity index is 1.33. The van der Waals surface area contributed by atoms with Crippen molar-refractivity contribution in [1.82, 2.24) is 19.7 Å². The predicted molar refractivity (Wildman–Crippen MR) is 128 cm³/mol. The number of aliphatic hydroxyl groups is 1. The first kappa shape index (κ1) is 20.8. The molecular weight excluding hydrogens is 450 g/mol. The summed E-state index contributed by atoms with van der Waals surface area (Å²) in [5.74, 6) is 1.66. The molecule has 5 fully saturated rings. The first-order valence-electron chi connectivity index (χ1n) is 12.0. The third-order valence-corrected chi connectivity index (χ3v) is 9.91. The van der Waals surface area contributed by atoms with Gasteiger partial charge in [0, 0.05) is 35.7 Å². The topological polar surface area (TPSA) is 101 Å². The van der Waals surface area contributed by atoms with Gasteiger partial charge < -0.3 is 10.0 Å². The summed E-state index contributed by atoms with van der Waals surface area (Å²) < 4.78 is 26.8. The summed E-state index contributed by atoms with van der Waals surface area (Å²) in [5.41, 5.74) is 1.82. The van der Waals surface area contributed by atoms with E-state index in [1.54, 1.807) is 10.9 Å². The van der Waals surface area contributed by atoms with E-state index >= 15 is 0 Å². The second-order valence-corrected chi connectivity index (χ2v) is 13.6. The molecule has 5 aliphatic rings. The number of aromatic nitrogens is 4. The average molecular weight is 480 g/mol. The van der Waals surface area contributed by atoms with Gasteiger partial charge in [0.1, 0.15) is 5.82 Å². The van der Waals surface area contributed by atoms with E-state index in [2.05, 4.69) is 38.2 Å². The molecule has 3 aromatic rings. The summed E-state index contributed by atoms with van der Waals surface area (Å²) in [6.45, 7) is 4.37. The van der Waals surface area contributed by atoms with Crippen molar-refractivity contribution in [3.8, 4) is 5.82 Å². The van der Waals surface area contributed by atoms with Crippen LogP contribution in [-0.4, -0.2) is 57.7 Å². The molecule has 1 unspecified atom stereocenters. The van der Waals surface area contributed by atoms with E-state index in [0.29, 0.717) is 29.5 Å². The smallest absolute Gasteiger partial charge is 0.250 e. The molecule has 8 rings (SSSR count). The fourth-order valence-electron chi connectivity index (χ4n) is 6.40. The zero-order valence-corrected chi connectivity index (χ0v) is 20.5. The van der Waals surface area contributed by atoms with Crippen LogP contribution in [0.5, 0.6) is 0 Å². The number of sulfone groups is 1. The highest BCUT2D eigenvalue weighted by Gasteiger charge is 2.63. The number of nitrogens with zero attached hydrogens (tertiary/aromatic N) is 5. The Morgan fingerprint density at radius 1 is 1.09 bits per heavy atom. The van der Waals surface area contributed by atoms with Crippen molar-refractivity contribution in [2.75, 3.05) is 17.7 Å². The van der Waals surface area contributed by atoms with E-state index in [4.69, 9.17) is 0 Å². The van der Waals surface area contributed by atoms with Crippen LogP contribution in [0.4, 0.5) is 5.82 Å². The van der Waals surface area contributed by atoms with E-state index in [-0.39, 0.29) is 16.6 Å². The second kappa shape index (κ2) is 6.18. The van der Waals surface area contributed by atoms with Crippen molar-refractivity contribution < 1.29 is 13.5 Å². The maximum atomic E-state index is 12.5. The normalized spacial score (nSPS) is 29.0. The number of benzene rings is 1. The predicted octanol–water partition coefficient (Wildman–Crippen LogP) is 3.23. The Morgan fingerprint density at radius 3 is 2.44 bits per heavy atom. The van der Waals surface area contributed by atoms with E-state index in [0.717, 1.165) is 30.0 Å². The Morgan fingerprint density at radius 2 is 1.82 bits per heavy atom. The molecule has 0 amide bonds. The lowest BCUT2D eigenvalue weighted by Crippen LogP contribution is -2.50. The van der Waals surface area contributed by atoms with Crippen LogP contribution in [0.2, 0.25) is 0 Å². The molecule has 3 saturated carbocycles. The van der Waals surface area contributed by atoms with Crippen molar-refractivity contribution in [2.45, 2.75) is 68.7 Å². The third kappa shape index (κ3) is 2.86. The maximum absolute atomic E-state index is 12.5. The Kier molecular flexibility index (Phi) is 3.78. The van der Waals surface area contributed by atoms with Crippen LogP contribution in [0.25, 0.3) is 16.7 Å². The molecule has 3 aliphatic carbocycles. The lowest BCUT2D eigenvalue weighted by Gasteiger charge is -2.45. The van der Waals surface area contributed by atoms with Crippen LogP contribution in [0.3, 0.4) is 0 Å². The van der Waals surface area contributed by atoms with Crippen LogP contribution < -0.4 is 4.90 Å². The minimum atomic E-state index is -3.63. The van der Waals surface area contributed by atoms with Gasteiger partial charge >= 0.3 is 0 Å². The molecule has 34 heavy (non-hydrogen) atoms. The maximum Gasteiger partial charge on any atom is 0.250 e. The lowest BCUT2D eigenvalue weighted by atomic mass is 9.61. The van der Waals surface area contributed by atoms with Gasteiger partial charge in [-0.25, -0.2) is 18.1 Å². The minimum Gasteiger partial charge on any atom is -0.390 e. The fraction of sp³-hybridized carbons (Fsp3) is 0.560. The molecular formula is C25H29N5O3S. The first-order valence-corrected chi connectivity index (χ1v) is 13.9. The van der Waals surface area contributed by atoms with Gasteiger partial charge in [-0.1, -0.05) is 12.1 Å². The number of hydrogen-bond acceptors (Lipinski definition) is 7. The van der Waals surface area contributed by atoms with Crippen LogP contribution in [-0.2, 0) is 9.84 Å². The summed E-state index contributed by atoms with van der Waals surface area (Å²) in [6, 6.07) is 8.58. The van der Waals surface area contributed by atoms with Crippen LogP contribution >= 0.6 is 0 Å². The highest BCUT2D eigenvalue weighted by molar-refractivity contribution is 7.90. The highest BCUT2D eigenvalue weighted by Crippen LogP contribution is 2.75. The monoisotopic (exact) mass is 479 g/mol. The van der Waals surface area contributed by atoms with Gasteiger partial charge in [0.15, 0.2) is 5.82 Å². The molecule has 2 saturated heterocycles. The van der Waals surface area contributed by atoms with Crippen molar-refractivity contribution >= 4 is 26.6 Å². The van der Waals surface area contributed by atoms with Gasteiger partial charge in [0.2, 0.25) is 9.84 Å². The third-order valence-electron chi connectivity index (χ3n) is 9.07. The fourth-order valence-corrected chi connectivity index (χ4v) is 6.92. The van der Waals surface area contributed by atoms with Crippen molar-refractivity contribution in [3.05, 3.63) is 36.0 Å². The Hall–Kier alpha value is -2.52. The zero-order chi connectivity index (χ0) is 23.7. The zero-order valence-electron chi connectivity index (χ0n) is 19.7. The summed E-state index contributed by atoms with van der Waals surface area (Å²) in [6.07, 6.45) is 8.61. The Bertz CT molecular complexity index is 1460. The molecule has 1 aromatic carbocycles. The van der Waals surface area contributed by atoms with Gasteiger partial charge in [-0.15, -0.1) is 0 Å². The highest BCUT2D eigenvalue weighted by atomic mass is 32.2. The van der Waals surface area contributed by atoms with Crippen molar-refractivity contribution in [1.29, 1.82) is 0 Å². The average Bonchev–Trinajstić information content (AvgIpc) is 3.48. The Labute approximate surface area is 198 Å². The standard InChI is InChI=1S/C25H29N5O3S/c1-23(2,31)25-10-17(11-25)29(14-25)20-9-21(28-22(27-20)34(3,32)33)30-19-8-15(4-5-16(19)13-26-30)18-12-24(18)6-7-24/h4-5,8-9,13,17-18,31H,6-7,10-12,14H2,1-3H3. The molecule has 2 bridgehead atoms. The first-order chi connectivity index (χ1) is 16.0. The number of fused-ring (bicyclic) bond motifs is 2. The van der Waals surface area contributed by atoms with Crippen LogP contribution in [0.1, 0.15) is 57.4 Å².